The fourth-order valence-electron chi connectivity index (χ4n) is 1.57. The van der Waals surface area contributed by atoms with E-state index in [0.717, 1.165) is 32.7 Å². The molecule has 17 heavy (non-hydrogen) atoms. The van der Waals surface area contributed by atoms with Gasteiger partial charge in [-0.3, -0.25) is 0 Å². The van der Waals surface area contributed by atoms with Gasteiger partial charge in [-0.05, 0) is 38.7 Å². The third-order valence-electron chi connectivity index (χ3n) is 2.50. The Morgan fingerprint density at radius 3 is 2.35 bits per heavy atom. The Balaban J connectivity index is 1.88. The van der Waals surface area contributed by atoms with Gasteiger partial charge >= 0.3 is 0 Å². The molecule has 0 bridgehead atoms. The number of benzene rings is 1. The summed E-state index contributed by atoms with van der Waals surface area (Å²) in [6.45, 7) is 6.59. The van der Waals surface area contributed by atoms with Crippen molar-refractivity contribution in [1.82, 2.24) is 0 Å². The van der Waals surface area contributed by atoms with Crippen molar-refractivity contribution in [3.05, 3.63) is 35.9 Å². The Morgan fingerprint density at radius 1 is 0.941 bits per heavy atom. The molecule has 0 spiro atoms. The van der Waals surface area contributed by atoms with E-state index in [0.29, 0.717) is 6.10 Å². The monoisotopic (exact) mass is 236 g/mol. The summed E-state index contributed by atoms with van der Waals surface area (Å²) in [6.07, 6.45) is 3.78. The van der Waals surface area contributed by atoms with E-state index in [1.807, 2.05) is 18.2 Å². The quantitative estimate of drug-likeness (QED) is 0.607. The largest absolute Gasteiger partial charge is 0.379 e. The van der Waals surface area contributed by atoms with Crippen molar-refractivity contribution in [2.45, 2.75) is 45.8 Å². The number of unbranched alkanes of at least 4 members (excludes halogenated alkanes) is 2. The average molecular weight is 236 g/mol. The lowest BCUT2D eigenvalue weighted by molar-refractivity contribution is 0.0719. The van der Waals surface area contributed by atoms with Crippen molar-refractivity contribution in [3.8, 4) is 0 Å². The third-order valence-corrected chi connectivity index (χ3v) is 2.50. The Morgan fingerprint density at radius 2 is 1.65 bits per heavy atom. The summed E-state index contributed by atoms with van der Waals surface area (Å²) in [5, 5.41) is 0. The summed E-state index contributed by atoms with van der Waals surface area (Å²) in [6, 6.07) is 10.3. The van der Waals surface area contributed by atoms with Crippen molar-refractivity contribution in [2.75, 3.05) is 13.2 Å². The zero-order valence-electron chi connectivity index (χ0n) is 11.0. The van der Waals surface area contributed by atoms with Crippen molar-refractivity contribution in [3.63, 3.8) is 0 Å². The maximum absolute atomic E-state index is 5.61. The predicted molar refractivity (Wildman–Crippen MR) is 71.0 cm³/mol. The zero-order chi connectivity index (χ0) is 12.3. The molecule has 1 aromatic carbocycles. The van der Waals surface area contributed by atoms with Crippen molar-refractivity contribution in [1.29, 1.82) is 0 Å². The fraction of sp³-hybridized carbons (Fsp3) is 0.600. The second kappa shape index (κ2) is 9.20. The summed E-state index contributed by atoms with van der Waals surface area (Å²) in [5.74, 6) is 0. The molecule has 0 aromatic heterocycles. The van der Waals surface area contributed by atoms with Gasteiger partial charge in [0.2, 0.25) is 0 Å². The first-order valence-electron chi connectivity index (χ1n) is 6.52. The van der Waals surface area contributed by atoms with Crippen LogP contribution in [0.3, 0.4) is 0 Å². The molecule has 0 saturated heterocycles. The average Bonchev–Trinajstić information content (AvgIpc) is 2.33. The van der Waals surface area contributed by atoms with Gasteiger partial charge in [0, 0.05) is 13.2 Å². The van der Waals surface area contributed by atoms with E-state index in [1.165, 1.54) is 12.0 Å². The smallest absolute Gasteiger partial charge is 0.0716 e. The number of hydrogen-bond donors (Lipinski definition) is 0. The van der Waals surface area contributed by atoms with E-state index >= 15 is 0 Å². The van der Waals surface area contributed by atoms with Gasteiger partial charge in [0.05, 0.1) is 12.7 Å². The van der Waals surface area contributed by atoms with Crippen molar-refractivity contribution in [2.24, 2.45) is 0 Å². The van der Waals surface area contributed by atoms with Gasteiger partial charge in [-0.1, -0.05) is 30.3 Å². The van der Waals surface area contributed by atoms with Crippen LogP contribution < -0.4 is 0 Å². The minimum Gasteiger partial charge on any atom is -0.379 e. The lowest BCUT2D eigenvalue weighted by atomic mass is 10.2. The van der Waals surface area contributed by atoms with E-state index < -0.39 is 0 Å². The Hall–Kier alpha value is -0.860. The molecule has 0 aliphatic carbocycles. The zero-order valence-corrected chi connectivity index (χ0v) is 11.0. The molecule has 1 aromatic rings. The van der Waals surface area contributed by atoms with Crippen LogP contribution in [0.2, 0.25) is 0 Å². The maximum atomic E-state index is 5.61. The Labute approximate surface area is 105 Å². The molecule has 0 aliphatic rings. The van der Waals surface area contributed by atoms with Gasteiger partial charge in [-0.2, -0.15) is 0 Å². The topological polar surface area (TPSA) is 18.5 Å². The molecule has 0 unspecified atom stereocenters. The molecule has 0 N–H and O–H groups in total. The van der Waals surface area contributed by atoms with Crippen LogP contribution in [-0.4, -0.2) is 19.3 Å². The van der Waals surface area contributed by atoms with Crippen LogP contribution in [0.1, 0.15) is 38.7 Å². The summed E-state index contributed by atoms with van der Waals surface area (Å²) < 4.78 is 11.1. The van der Waals surface area contributed by atoms with E-state index in [2.05, 4.69) is 26.0 Å². The second-order valence-electron chi connectivity index (χ2n) is 4.52. The molecule has 0 aliphatic heterocycles. The first kappa shape index (κ1) is 14.2. The summed E-state index contributed by atoms with van der Waals surface area (Å²) in [7, 11) is 0. The highest BCUT2D eigenvalue weighted by Gasteiger charge is 1.95. The molecule has 0 saturated carbocycles. The molecule has 2 heteroatoms. The van der Waals surface area contributed by atoms with Gasteiger partial charge < -0.3 is 9.47 Å². The van der Waals surface area contributed by atoms with Crippen molar-refractivity contribution < 1.29 is 9.47 Å². The highest BCUT2D eigenvalue weighted by atomic mass is 16.5. The molecule has 0 radical (unpaired) electrons. The summed E-state index contributed by atoms with van der Waals surface area (Å²) in [5.41, 5.74) is 1.25. The van der Waals surface area contributed by atoms with E-state index in [4.69, 9.17) is 9.47 Å². The summed E-state index contributed by atoms with van der Waals surface area (Å²) in [4.78, 5) is 0. The highest BCUT2D eigenvalue weighted by Crippen LogP contribution is 2.03. The Bertz CT molecular complexity index is 270. The molecule has 0 atom stereocenters. The minimum absolute atomic E-state index is 0.351. The SMILES string of the molecule is CC(C)OCCCCCOCc1ccccc1. The fourth-order valence-corrected chi connectivity index (χ4v) is 1.57. The molecular formula is C15H24O2. The van der Waals surface area contributed by atoms with Gasteiger partial charge in [-0.25, -0.2) is 0 Å². The number of ether oxygens (including phenoxy) is 2. The second-order valence-corrected chi connectivity index (χ2v) is 4.52. The van der Waals surface area contributed by atoms with Crippen molar-refractivity contribution >= 4 is 0 Å². The van der Waals surface area contributed by atoms with Crippen LogP contribution in [0, 0.1) is 0 Å². The third kappa shape index (κ3) is 7.94. The predicted octanol–water partition coefficient (Wildman–Crippen LogP) is 3.80. The van der Waals surface area contributed by atoms with Gasteiger partial charge in [-0.15, -0.1) is 0 Å². The van der Waals surface area contributed by atoms with Crippen LogP contribution in [0.4, 0.5) is 0 Å². The normalized spacial score (nSPS) is 11.0. The standard InChI is InChI=1S/C15H24O2/c1-14(2)17-12-8-4-7-11-16-13-15-9-5-3-6-10-15/h3,5-6,9-10,14H,4,7-8,11-13H2,1-2H3. The van der Waals surface area contributed by atoms with Crippen LogP contribution in [-0.2, 0) is 16.1 Å². The van der Waals surface area contributed by atoms with E-state index in [9.17, 15) is 0 Å². The molecule has 0 amide bonds. The Kier molecular flexibility index (Phi) is 7.69. The number of rotatable bonds is 9. The first-order chi connectivity index (χ1) is 8.29. The lowest BCUT2D eigenvalue weighted by Gasteiger charge is -2.07. The number of hydrogen-bond acceptors (Lipinski definition) is 2. The summed E-state index contributed by atoms with van der Waals surface area (Å²) >= 11 is 0. The molecule has 0 heterocycles. The van der Waals surface area contributed by atoms with E-state index in [1.54, 1.807) is 0 Å². The van der Waals surface area contributed by atoms with E-state index in [-0.39, 0.29) is 0 Å². The maximum Gasteiger partial charge on any atom is 0.0716 e. The van der Waals surface area contributed by atoms with Gasteiger partial charge in [0.25, 0.3) is 0 Å². The molecule has 96 valence electrons. The molecular weight excluding hydrogens is 212 g/mol. The van der Waals surface area contributed by atoms with Gasteiger partial charge in [0.15, 0.2) is 0 Å². The van der Waals surface area contributed by atoms with Crippen LogP contribution >= 0.6 is 0 Å². The molecule has 0 fully saturated rings. The van der Waals surface area contributed by atoms with Gasteiger partial charge in [0.1, 0.15) is 0 Å². The first-order valence-corrected chi connectivity index (χ1v) is 6.52. The van der Waals surface area contributed by atoms with Crippen LogP contribution in [0.25, 0.3) is 0 Å². The van der Waals surface area contributed by atoms with Crippen LogP contribution in [0.5, 0.6) is 0 Å². The molecule has 1 rings (SSSR count). The van der Waals surface area contributed by atoms with Crippen LogP contribution in [0.15, 0.2) is 30.3 Å². The highest BCUT2D eigenvalue weighted by molar-refractivity contribution is 5.13. The minimum atomic E-state index is 0.351. The lowest BCUT2D eigenvalue weighted by Crippen LogP contribution is -2.04. The molecule has 2 nitrogen and oxygen atoms in total.